The van der Waals surface area contributed by atoms with Gasteiger partial charge < -0.3 is 15.0 Å². The number of hydrogen-bond donors (Lipinski definition) is 1. The molecule has 9 heteroatoms. The van der Waals surface area contributed by atoms with Gasteiger partial charge in [-0.1, -0.05) is 24.0 Å². The molecule has 168 valence electrons. The van der Waals surface area contributed by atoms with Crippen molar-refractivity contribution in [3.8, 4) is 23.5 Å². The van der Waals surface area contributed by atoms with Gasteiger partial charge in [-0.2, -0.15) is 13.2 Å². The second-order valence-corrected chi connectivity index (χ2v) is 7.40. The van der Waals surface area contributed by atoms with Crippen LogP contribution in [0.2, 0.25) is 0 Å². The van der Waals surface area contributed by atoms with Crippen molar-refractivity contribution in [1.29, 1.82) is 0 Å². The number of likely N-dealkylation sites (tertiary alicyclic amines) is 1. The number of rotatable bonds is 4. The first kappa shape index (κ1) is 22.1. The summed E-state index contributed by atoms with van der Waals surface area (Å²) in [5.41, 5.74) is 0.714. The quantitative estimate of drug-likeness (QED) is 0.566. The summed E-state index contributed by atoms with van der Waals surface area (Å²) in [4.78, 5) is 21.5. The van der Waals surface area contributed by atoms with E-state index in [0.29, 0.717) is 30.9 Å². The van der Waals surface area contributed by atoms with Crippen LogP contribution >= 0.6 is 0 Å². The number of urea groups is 1. The highest BCUT2D eigenvalue weighted by Gasteiger charge is 2.31. The molecule has 1 aliphatic heterocycles. The van der Waals surface area contributed by atoms with Crippen molar-refractivity contribution in [3.63, 3.8) is 0 Å². The van der Waals surface area contributed by atoms with Crippen molar-refractivity contribution in [3.05, 3.63) is 78.2 Å². The van der Waals surface area contributed by atoms with Crippen molar-refractivity contribution < 1.29 is 22.7 Å². The maximum atomic E-state index is 12.6. The molecule has 3 aromatic rings. The lowest BCUT2D eigenvalue weighted by Crippen LogP contribution is -2.51. The number of halogens is 3. The summed E-state index contributed by atoms with van der Waals surface area (Å²) in [6.07, 6.45) is 0.00311. The van der Waals surface area contributed by atoms with E-state index in [2.05, 4.69) is 27.1 Å². The summed E-state index contributed by atoms with van der Waals surface area (Å²) in [6.45, 7) is 1.11. The Kier molecular flexibility index (Phi) is 6.45. The fourth-order valence-electron chi connectivity index (χ4n) is 3.12. The summed E-state index contributed by atoms with van der Waals surface area (Å²) < 4.78 is 43.5. The molecule has 3 heterocycles. The molecular weight excluding hydrogens is 433 g/mol. The first-order valence-electron chi connectivity index (χ1n) is 10.1. The summed E-state index contributed by atoms with van der Waals surface area (Å²) in [5.74, 6) is 6.92. The van der Waals surface area contributed by atoms with E-state index >= 15 is 0 Å². The van der Waals surface area contributed by atoms with E-state index in [0.717, 1.165) is 17.8 Å². The Balaban J connectivity index is 1.26. The van der Waals surface area contributed by atoms with Crippen molar-refractivity contribution >= 4 is 11.7 Å². The van der Waals surface area contributed by atoms with Gasteiger partial charge in [0.25, 0.3) is 0 Å². The Hall–Kier alpha value is -4.06. The number of anilines is 1. The van der Waals surface area contributed by atoms with Gasteiger partial charge in [0.15, 0.2) is 0 Å². The number of aromatic nitrogens is 2. The second-order valence-electron chi connectivity index (χ2n) is 7.40. The van der Waals surface area contributed by atoms with Gasteiger partial charge in [0.1, 0.15) is 5.75 Å². The highest BCUT2D eigenvalue weighted by molar-refractivity contribution is 5.89. The second kappa shape index (κ2) is 9.61. The number of carbonyl (C=O) groups is 1. The van der Waals surface area contributed by atoms with Crippen LogP contribution < -0.4 is 10.1 Å². The average Bonchev–Trinajstić information content (AvgIpc) is 2.76. The van der Waals surface area contributed by atoms with Crippen LogP contribution in [0.3, 0.4) is 0 Å². The van der Waals surface area contributed by atoms with Gasteiger partial charge in [-0.05, 0) is 35.9 Å². The minimum absolute atomic E-state index is 0.0744. The SMILES string of the molecule is O=C(Nc1cccnc1)N1CC(C#CCc2cccc(Oc3ccc(C(F)(F)F)cn3)c2)C1. The predicted molar refractivity (Wildman–Crippen MR) is 116 cm³/mol. The minimum Gasteiger partial charge on any atom is -0.439 e. The number of alkyl halides is 3. The molecule has 2 aromatic heterocycles. The molecule has 0 radical (unpaired) electrons. The monoisotopic (exact) mass is 452 g/mol. The summed E-state index contributed by atoms with van der Waals surface area (Å²) in [7, 11) is 0. The predicted octanol–water partition coefficient (Wildman–Crippen LogP) is 5.00. The van der Waals surface area contributed by atoms with Gasteiger partial charge in [-0.25, -0.2) is 9.78 Å². The van der Waals surface area contributed by atoms with Crippen LogP contribution in [0.1, 0.15) is 11.1 Å². The Morgan fingerprint density at radius 3 is 2.70 bits per heavy atom. The maximum Gasteiger partial charge on any atom is 0.417 e. The van der Waals surface area contributed by atoms with Crippen LogP contribution in [0, 0.1) is 17.8 Å². The molecule has 6 nitrogen and oxygen atoms in total. The van der Waals surface area contributed by atoms with E-state index in [-0.39, 0.29) is 17.8 Å². The Labute approximate surface area is 188 Å². The molecule has 2 amide bonds. The normalized spacial score (nSPS) is 13.5. The highest BCUT2D eigenvalue weighted by Crippen LogP contribution is 2.30. The molecule has 0 atom stereocenters. The lowest BCUT2D eigenvalue weighted by molar-refractivity contribution is -0.137. The van der Waals surface area contributed by atoms with Crippen molar-refractivity contribution in [2.45, 2.75) is 12.6 Å². The number of nitrogens with one attached hydrogen (secondary N) is 1. The maximum absolute atomic E-state index is 12.6. The third kappa shape index (κ3) is 6.01. The zero-order valence-corrected chi connectivity index (χ0v) is 17.3. The molecule has 33 heavy (non-hydrogen) atoms. The van der Waals surface area contributed by atoms with Crippen molar-refractivity contribution in [2.24, 2.45) is 5.92 Å². The molecular formula is C24H19F3N4O2. The van der Waals surface area contributed by atoms with Crippen LogP contribution in [-0.4, -0.2) is 34.0 Å². The molecule has 0 bridgehead atoms. The van der Waals surface area contributed by atoms with Gasteiger partial charge >= 0.3 is 12.2 Å². The average molecular weight is 452 g/mol. The zero-order chi connectivity index (χ0) is 23.3. The van der Waals surface area contributed by atoms with E-state index in [1.807, 2.05) is 6.07 Å². The summed E-state index contributed by atoms with van der Waals surface area (Å²) >= 11 is 0. The van der Waals surface area contributed by atoms with Gasteiger partial charge in [0.2, 0.25) is 5.88 Å². The molecule has 1 saturated heterocycles. The summed E-state index contributed by atoms with van der Waals surface area (Å²) in [6, 6.07) is 12.6. The first-order valence-corrected chi connectivity index (χ1v) is 10.1. The zero-order valence-electron chi connectivity index (χ0n) is 17.3. The number of carbonyl (C=O) groups excluding carboxylic acids is 1. The van der Waals surface area contributed by atoms with Crippen molar-refractivity contribution in [1.82, 2.24) is 14.9 Å². The lowest BCUT2D eigenvalue weighted by Gasteiger charge is -2.36. The van der Waals surface area contributed by atoms with Crippen molar-refractivity contribution in [2.75, 3.05) is 18.4 Å². The molecule has 0 spiro atoms. The van der Waals surface area contributed by atoms with E-state index in [9.17, 15) is 18.0 Å². The number of ether oxygens (including phenoxy) is 1. The third-order valence-corrected chi connectivity index (χ3v) is 4.86. The van der Waals surface area contributed by atoms with E-state index < -0.39 is 11.7 Å². The standard InChI is InChI=1S/C24H19F3N4O2/c25-24(26,27)19-9-10-22(29-13-19)33-21-8-2-5-17(12-21)4-1-6-18-15-31(16-18)23(32)30-20-7-3-11-28-14-20/h2-3,5,7-14,18H,4,15-16H2,(H,30,32). The van der Waals surface area contributed by atoms with E-state index in [1.54, 1.807) is 47.6 Å². The molecule has 0 saturated carbocycles. The number of benzene rings is 1. The number of pyridine rings is 2. The number of hydrogen-bond acceptors (Lipinski definition) is 4. The highest BCUT2D eigenvalue weighted by atomic mass is 19.4. The van der Waals surface area contributed by atoms with E-state index in [4.69, 9.17) is 4.74 Å². The van der Waals surface area contributed by atoms with E-state index in [1.165, 1.54) is 6.07 Å². The molecule has 1 N–H and O–H groups in total. The Morgan fingerprint density at radius 2 is 2.00 bits per heavy atom. The molecule has 1 aromatic carbocycles. The van der Waals surface area contributed by atoms with Gasteiger partial charge in [-0.3, -0.25) is 4.98 Å². The van der Waals surface area contributed by atoms with Crippen LogP contribution in [0.15, 0.2) is 67.1 Å². The Bertz CT molecular complexity index is 1170. The van der Waals surface area contributed by atoms with Crippen LogP contribution in [0.4, 0.5) is 23.7 Å². The van der Waals surface area contributed by atoms with Crippen LogP contribution in [-0.2, 0) is 12.6 Å². The lowest BCUT2D eigenvalue weighted by atomic mass is 10.0. The van der Waals surface area contributed by atoms with Gasteiger partial charge in [0.05, 0.1) is 23.4 Å². The fraction of sp³-hybridized carbons (Fsp3) is 0.208. The molecule has 1 aliphatic rings. The molecule has 1 fully saturated rings. The third-order valence-electron chi connectivity index (χ3n) is 4.86. The van der Waals surface area contributed by atoms with Gasteiger partial charge in [0, 0.05) is 38.0 Å². The molecule has 4 rings (SSSR count). The van der Waals surface area contributed by atoms with Crippen LogP contribution in [0.25, 0.3) is 0 Å². The molecule has 0 aliphatic carbocycles. The largest absolute Gasteiger partial charge is 0.439 e. The first-order chi connectivity index (χ1) is 15.9. The van der Waals surface area contributed by atoms with Gasteiger partial charge in [-0.15, -0.1) is 0 Å². The smallest absolute Gasteiger partial charge is 0.417 e. The fourth-order valence-corrected chi connectivity index (χ4v) is 3.12. The Morgan fingerprint density at radius 1 is 1.15 bits per heavy atom. The minimum atomic E-state index is -4.44. The van der Waals surface area contributed by atoms with Crippen LogP contribution in [0.5, 0.6) is 11.6 Å². The summed E-state index contributed by atoms with van der Waals surface area (Å²) in [5, 5.41) is 2.78. The number of amides is 2. The number of nitrogens with zero attached hydrogens (tertiary/aromatic N) is 3. The topological polar surface area (TPSA) is 67.4 Å². The molecule has 0 unspecified atom stereocenters.